The topological polar surface area (TPSA) is 64.2 Å². The van der Waals surface area contributed by atoms with E-state index in [-0.39, 0.29) is 5.91 Å². The SMILES string of the molecule is C=C1CCC(n2c(=O)oc3ccccc32)C(=O)N1. The molecule has 0 aliphatic carbocycles. The Balaban J connectivity index is 2.14. The highest BCUT2D eigenvalue weighted by molar-refractivity contribution is 5.85. The molecule has 1 unspecified atom stereocenters. The Bertz CT molecular complexity index is 696. The molecule has 1 saturated heterocycles. The van der Waals surface area contributed by atoms with E-state index in [2.05, 4.69) is 11.9 Å². The van der Waals surface area contributed by atoms with Gasteiger partial charge in [-0.15, -0.1) is 0 Å². The molecule has 0 bridgehead atoms. The van der Waals surface area contributed by atoms with Gasteiger partial charge in [0.2, 0.25) is 5.91 Å². The number of allylic oxidation sites excluding steroid dienone is 1. The minimum Gasteiger partial charge on any atom is -0.408 e. The molecule has 0 radical (unpaired) electrons. The maximum atomic E-state index is 11.9. The fourth-order valence-corrected chi connectivity index (χ4v) is 2.29. The Morgan fingerprint density at radius 1 is 1.33 bits per heavy atom. The number of benzene rings is 1. The summed E-state index contributed by atoms with van der Waals surface area (Å²) in [5, 5.41) is 2.67. The van der Waals surface area contributed by atoms with Gasteiger partial charge < -0.3 is 9.73 Å². The number of hydrogen-bond acceptors (Lipinski definition) is 3. The van der Waals surface area contributed by atoms with E-state index in [1.807, 2.05) is 6.07 Å². The number of oxazole rings is 1. The van der Waals surface area contributed by atoms with E-state index in [0.29, 0.717) is 29.6 Å². The van der Waals surface area contributed by atoms with Crippen molar-refractivity contribution in [2.45, 2.75) is 18.9 Å². The summed E-state index contributed by atoms with van der Waals surface area (Å²) in [7, 11) is 0. The van der Waals surface area contributed by atoms with Gasteiger partial charge in [-0.3, -0.25) is 9.36 Å². The maximum Gasteiger partial charge on any atom is 0.420 e. The third-order valence-electron chi connectivity index (χ3n) is 3.15. The van der Waals surface area contributed by atoms with Crippen LogP contribution in [0.5, 0.6) is 0 Å². The van der Waals surface area contributed by atoms with E-state index in [0.717, 1.165) is 0 Å². The van der Waals surface area contributed by atoms with Crippen molar-refractivity contribution in [3.8, 4) is 0 Å². The average Bonchev–Trinajstić information content (AvgIpc) is 2.66. The molecular weight excluding hydrogens is 232 g/mol. The normalized spacial score (nSPS) is 20.1. The van der Waals surface area contributed by atoms with Gasteiger partial charge in [-0.2, -0.15) is 0 Å². The number of nitrogens with zero attached hydrogens (tertiary/aromatic N) is 1. The zero-order valence-corrected chi connectivity index (χ0v) is 9.68. The predicted octanol–water partition coefficient (Wildman–Crippen LogP) is 1.56. The van der Waals surface area contributed by atoms with Crippen molar-refractivity contribution in [2.24, 2.45) is 0 Å². The van der Waals surface area contributed by atoms with Crippen LogP contribution >= 0.6 is 0 Å². The number of fused-ring (bicyclic) bond motifs is 1. The first kappa shape index (κ1) is 10.8. The van der Waals surface area contributed by atoms with Gasteiger partial charge in [0.1, 0.15) is 6.04 Å². The van der Waals surface area contributed by atoms with E-state index in [1.165, 1.54) is 4.57 Å². The van der Waals surface area contributed by atoms with Crippen LogP contribution in [0.25, 0.3) is 11.1 Å². The van der Waals surface area contributed by atoms with Crippen LogP contribution in [0, 0.1) is 0 Å². The summed E-state index contributed by atoms with van der Waals surface area (Å²) in [6, 6.07) is 6.57. The van der Waals surface area contributed by atoms with E-state index < -0.39 is 11.8 Å². The van der Waals surface area contributed by atoms with Gasteiger partial charge in [0.15, 0.2) is 5.58 Å². The Kier molecular flexibility index (Phi) is 2.33. The van der Waals surface area contributed by atoms with Crippen LogP contribution in [0.3, 0.4) is 0 Å². The van der Waals surface area contributed by atoms with Crippen LogP contribution in [0.2, 0.25) is 0 Å². The highest BCUT2D eigenvalue weighted by Crippen LogP contribution is 2.24. The largest absolute Gasteiger partial charge is 0.420 e. The minimum absolute atomic E-state index is 0.208. The number of nitrogens with one attached hydrogen (secondary N) is 1. The Hall–Kier alpha value is -2.30. The average molecular weight is 244 g/mol. The molecule has 92 valence electrons. The van der Waals surface area contributed by atoms with Crippen LogP contribution in [-0.2, 0) is 4.79 Å². The van der Waals surface area contributed by atoms with Crippen molar-refractivity contribution >= 4 is 17.0 Å². The number of hydrogen-bond donors (Lipinski definition) is 1. The molecule has 1 aromatic carbocycles. The minimum atomic E-state index is -0.522. The number of piperidine rings is 1. The summed E-state index contributed by atoms with van der Waals surface area (Å²) < 4.78 is 6.55. The standard InChI is InChI=1S/C13H12N2O3/c1-8-6-7-10(12(16)14-8)15-9-4-2-3-5-11(9)18-13(15)17/h2-5,10H,1,6-7H2,(H,14,16). The zero-order valence-electron chi connectivity index (χ0n) is 9.68. The molecule has 1 aliphatic heterocycles. The lowest BCUT2D eigenvalue weighted by Crippen LogP contribution is -2.39. The van der Waals surface area contributed by atoms with E-state index in [9.17, 15) is 9.59 Å². The van der Waals surface area contributed by atoms with Gasteiger partial charge >= 0.3 is 5.76 Å². The number of carbonyl (C=O) groups excluding carboxylic acids is 1. The molecule has 1 aromatic heterocycles. The van der Waals surface area contributed by atoms with Crippen molar-refractivity contribution < 1.29 is 9.21 Å². The lowest BCUT2D eigenvalue weighted by molar-refractivity contribution is -0.124. The quantitative estimate of drug-likeness (QED) is 0.828. The second-order valence-corrected chi connectivity index (χ2v) is 4.35. The predicted molar refractivity (Wildman–Crippen MR) is 66.0 cm³/mol. The fraction of sp³-hybridized carbons (Fsp3) is 0.231. The smallest absolute Gasteiger partial charge is 0.408 e. The molecule has 5 nitrogen and oxygen atoms in total. The first-order valence-electron chi connectivity index (χ1n) is 5.75. The third-order valence-corrected chi connectivity index (χ3v) is 3.15. The molecule has 18 heavy (non-hydrogen) atoms. The highest BCUT2D eigenvalue weighted by atomic mass is 16.4. The number of carbonyl (C=O) groups is 1. The van der Waals surface area contributed by atoms with Crippen molar-refractivity contribution in [1.29, 1.82) is 0 Å². The molecule has 1 fully saturated rings. The lowest BCUT2D eigenvalue weighted by atomic mass is 10.0. The van der Waals surface area contributed by atoms with E-state index >= 15 is 0 Å². The molecule has 1 atom stereocenters. The monoisotopic (exact) mass is 244 g/mol. The van der Waals surface area contributed by atoms with Crippen LogP contribution < -0.4 is 11.1 Å². The van der Waals surface area contributed by atoms with Crippen molar-refractivity contribution in [3.63, 3.8) is 0 Å². The molecule has 1 N–H and O–H groups in total. The molecule has 1 amide bonds. The number of rotatable bonds is 1. The highest BCUT2D eigenvalue weighted by Gasteiger charge is 2.29. The molecule has 3 rings (SSSR count). The summed E-state index contributed by atoms with van der Waals surface area (Å²) in [6.07, 6.45) is 1.23. The van der Waals surface area contributed by atoms with Crippen molar-refractivity contribution in [2.75, 3.05) is 0 Å². The van der Waals surface area contributed by atoms with Crippen LogP contribution in [-0.4, -0.2) is 10.5 Å². The van der Waals surface area contributed by atoms with Gasteiger partial charge in [-0.1, -0.05) is 18.7 Å². The summed E-state index contributed by atoms with van der Waals surface area (Å²) in [5.41, 5.74) is 1.84. The number of para-hydroxylation sites is 2. The fourth-order valence-electron chi connectivity index (χ4n) is 2.29. The Morgan fingerprint density at radius 2 is 2.11 bits per heavy atom. The zero-order chi connectivity index (χ0) is 12.7. The van der Waals surface area contributed by atoms with E-state index in [1.54, 1.807) is 18.2 Å². The Labute approximate surface area is 103 Å². The Morgan fingerprint density at radius 3 is 2.89 bits per heavy atom. The van der Waals surface area contributed by atoms with Crippen LogP contribution in [0.4, 0.5) is 0 Å². The van der Waals surface area contributed by atoms with Crippen molar-refractivity contribution in [1.82, 2.24) is 9.88 Å². The third kappa shape index (κ3) is 1.55. The first-order valence-corrected chi connectivity index (χ1v) is 5.75. The number of amides is 1. The molecule has 1 aliphatic rings. The van der Waals surface area contributed by atoms with Crippen molar-refractivity contribution in [3.05, 3.63) is 47.1 Å². The summed E-state index contributed by atoms with van der Waals surface area (Å²) in [5.74, 6) is -0.705. The van der Waals surface area contributed by atoms with Crippen LogP contribution in [0.1, 0.15) is 18.9 Å². The number of aromatic nitrogens is 1. The summed E-state index contributed by atoms with van der Waals surface area (Å²) in [4.78, 5) is 23.8. The molecule has 5 heteroatoms. The summed E-state index contributed by atoms with van der Waals surface area (Å²) >= 11 is 0. The van der Waals surface area contributed by atoms with Gasteiger partial charge in [-0.05, 0) is 25.0 Å². The molecular formula is C13H12N2O3. The van der Waals surface area contributed by atoms with Crippen LogP contribution in [0.15, 0.2) is 45.8 Å². The lowest BCUT2D eigenvalue weighted by Gasteiger charge is -2.23. The second kappa shape index (κ2) is 3.87. The second-order valence-electron chi connectivity index (χ2n) is 4.35. The molecule has 0 spiro atoms. The maximum absolute atomic E-state index is 11.9. The van der Waals surface area contributed by atoms with Gasteiger partial charge in [-0.25, -0.2) is 4.79 Å². The van der Waals surface area contributed by atoms with Gasteiger partial charge in [0, 0.05) is 5.70 Å². The first-order chi connectivity index (χ1) is 8.66. The molecule has 2 aromatic rings. The van der Waals surface area contributed by atoms with E-state index in [4.69, 9.17) is 4.42 Å². The molecule has 2 heterocycles. The van der Waals surface area contributed by atoms with Gasteiger partial charge in [0.05, 0.1) is 5.52 Å². The van der Waals surface area contributed by atoms with Gasteiger partial charge in [0.25, 0.3) is 0 Å². The molecule has 0 saturated carbocycles. The summed E-state index contributed by atoms with van der Waals surface area (Å²) in [6.45, 7) is 3.72.